The number of benzene rings is 1. The third kappa shape index (κ3) is 3.24. The van der Waals surface area contributed by atoms with Crippen molar-refractivity contribution >= 4 is 11.6 Å². The number of hydrogen-bond donors (Lipinski definition) is 1. The topological polar surface area (TPSA) is 29.9 Å². The van der Waals surface area contributed by atoms with E-state index in [-0.39, 0.29) is 5.56 Å². The van der Waals surface area contributed by atoms with Gasteiger partial charge in [0.2, 0.25) is 0 Å². The second-order valence-electron chi connectivity index (χ2n) is 4.93. The minimum absolute atomic E-state index is 0.0404. The van der Waals surface area contributed by atoms with Crippen LogP contribution < -0.4 is 5.32 Å². The highest BCUT2D eigenvalue weighted by molar-refractivity contribution is 6.30. The number of hydrogen-bond acceptors (Lipinski definition) is 2. The highest BCUT2D eigenvalue weighted by atomic mass is 35.5. The molecule has 0 aliphatic heterocycles. The van der Waals surface area contributed by atoms with Gasteiger partial charge < -0.3 is 5.32 Å². The number of nitrogens with one attached hydrogen (secondary N) is 1. The van der Waals surface area contributed by atoms with Gasteiger partial charge in [-0.2, -0.15) is 5.10 Å². The van der Waals surface area contributed by atoms with Gasteiger partial charge in [-0.05, 0) is 32.0 Å². The van der Waals surface area contributed by atoms with Gasteiger partial charge in [-0.3, -0.25) is 4.68 Å². The molecule has 1 N–H and O–H groups in total. The van der Waals surface area contributed by atoms with Crippen LogP contribution in [0.15, 0.2) is 18.2 Å². The molecule has 0 fully saturated rings. The van der Waals surface area contributed by atoms with E-state index in [1.54, 1.807) is 11.7 Å². The molecule has 1 unspecified atom stereocenters. The maximum Gasteiger partial charge on any atom is 0.130 e. The Hall–Kier alpha value is -1.46. The van der Waals surface area contributed by atoms with Gasteiger partial charge in [-0.1, -0.05) is 24.6 Å². The molecule has 114 valence electrons. The fourth-order valence-electron chi connectivity index (χ4n) is 2.48. The SMILES string of the molecule is CCNC(Cc1c(C)nn(C)c1Cl)c1c(F)cccc1F. The van der Waals surface area contributed by atoms with Crippen LogP contribution in [0.5, 0.6) is 0 Å². The van der Waals surface area contributed by atoms with E-state index < -0.39 is 17.7 Å². The number of rotatable bonds is 5. The molecule has 1 aromatic heterocycles. The fraction of sp³-hybridized carbons (Fsp3) is 0.400. The van der Waals surface area contributed by atoms with Crippen LogP contribution in [0.3, 0.4) is 0 Å². The fourth-order valence-corrected chi connectivity index (χ4v) is 2.73. The number of aromatic nitrogens is 2. The first-order valence-electron chi connectivity index (χ1n) is 6.81. The lowest BCUT2D eigenvalue weighted by Gasteiger charge is -2.19. The van der Waals surface area contributed by atoms with E-state index in [0.29, 0.717) is 18.1 Å². The summed E-state index contributed by atoms with van der Waals surface area (Å²) >= 11 is 6.21. The van der Waals surface area contributed by atoms with Crippen LogP contribution in [0.2, 0.25) is 5.15 Å². The average molecular weight is 314 g/mol. The Labute approximate surface area is 127 Å². The molecule has 1 aromatic carbocycles. The van der Waals surface area contributed by atoms with Gasteiger partial charge in [0.25, 0.3) is 0 Å². The molecular weight excluding hydrogens is 296 g/mol. The van der Waals surface area contributed by atoms with Gasteiger partial charge in [0.1, 0.15) is 16.8 Å². The first-order valence-corrected chi connectivity index (χ1v) is 7.18. The van der Waals surface area contributed by atoms with Crippen LogP contribution in [-0.2, 0) is 13.5 Å². The molecule has 2 rings (SSSR count). The minimum atomic E-state index is -0.557. The van der Waals surface area contributed by atoms with Crippen LogP contribution in [0.4, 0.5) is 8.78 Å². The van der Waals surface area contributed by atoms with Crippen LogP contribution >= 0.6 is 11.6 Å². The zero-order valence-corrected chi connectivity index (χ0v) is 13.0. The summed E-state index contributed by atoms with van der Waals surface area (Å²) < 4.78 is 29.6. The third-order valence-corrected chi connectivity index (χ3v) is 3.95. The van der Waals surface area contributed by atoms with Crippen molar-refractivity contribution < 1.29 is 8.78 Å². The predicted molar refractivity (Wildman–Crippen MR) is 79.4 cm³/mol. The van der Waals surface area contributed by atoms with Gasteiger partial charge in [0.05, 0.1) is 5.69 Å². The van der Waals surface area contributed by atoms with Crippen molar-refractivity contribution in [1.82, 2.24) is 15.1 Å². The monoisotopic (exact) mass is 313 g/mol. The summed E-state index contributed by atoms with van der Waals surface area (Å²) in [5.41, 5.74) is 1.61. The van der Waals surface area contributed by atoms with Crippen LogP contribution in [0.1, 0.15) is 29.8 Å². The van der Waals surface area contributed by atoms with Crippen molar-refractivity contribution in [3.05, 3.63) is 51.8 Å². The molecule has 3 nitrogen and oxygen atoms in total. The quantitative estimate of drug-likeness (QED) is 0.915. The molecule has 0 bridgehead atoms. The van der Waals surface area contributed by atoms with Crippen LogP contribution in [0, 0.1) is 18.6 Å². The molecule has 0 amide bonds. The Bertz CT molecular complexity index is 620. The molecule has 0 radical (unpaired) electrons. The Morgan fingerprint density at radius 2 is 1.95 bits per heavy atom. The number of likely N-dealkylation sites (N-methyl/N-ethyl adjacent to an activating group) is 1. The minimum Gasteiger partial charge on any atom is -0.310 e. The first kappa shape index (κ1) is 15.9. The Morgan fingerprint density at radius 3 is 2.43 bits per heavy atom. The molecule has 1 atom stereocenters. The standard InChI is InChI=1S/C15H18ClF2N3/c1-4-19-13(14-11(17)6-5-7-12(14)18)8-10-9(2)20-21(3)15(10)16/h5-7,13,19H,4,8H2,1-3H3. The molecule has 2 aromatic rings. The zero-order valence-electron chi connectivity index (χ0n) is 12.3. The lowest BCUT2D eigenvalue weighted by Crippen LogP contribution is -2.25. The van der Waals surface area contributed by atoms with E-state index in [9.17, 15) is 8.78 Å². The van der Waals surface area contributed by atoms with Gasteiger partial charge >= 0.3 is 0 Å². The third-order valence-electron chi connectivity index (χ3n) is 3.48. The summed E-state index contributed by atoms with van der Waals surface area (Å²) in [5.74, 6) is -1.11. The summed E-state index contributed by atoms with van der Waals surface area (Å²) in [6, 6.07) is 3.40. The molecule has 0 aliphatic carbocycles. The van der Waals surface area contributed by atoms with Gasteiger partial charge in [0.15, 0.2) is 0 Å². The van der Waals surface area contributed by atoms with Gasteiger partial charge in [-0.15, -0.1) is 0 Å². The maximum absolute atomic E-state index is 14.0. The van der Waals surface area contributed by atoms with Crippen molar-refractivity contribution in [2.75, 3.05) is 6.54 Å². The largest absolute Gasteiger partial charge is 0.310 e. The van der Waals surface area contributed by atoms with E-state index in [1.807, 2.05) is 13.8 Å². The summed E-state index contributed by atoms with van der Waals surface area (Å²) in [4.78, 5) is 0. The highest BCUT2D eigenvalue weighted by Crippen LogP contribution is 2.28. The van der Waals surface area contributed by atoms with Crippen molar-refractivity contribution in [2.45, 2.75) is 26.3 Å². The number of aryl methyl sites for hydroxylation is 2. The maximum atomic E-state index is 14.0. The van der Waals surface area contributed by atoms with E-state index in [4.69, 9.17) is 11.6 Å². The first-order chi connectivity index (χ1) is 9.95. The summed E-state index contributed by atoms with van der Waals surface area (Å²) in [5, 5.41) is 7.84. The second-order valence-corrected chi connectivity index (χ2v) is 5.29. The molecule has 6 heteroatoms. The van der Waals surface area contributed by atoms with Crippen molar-refractivity contribution in [1.29, 1.82) is 0 Å². The normalized spacial score (nSPS) is 12.7. The van der Waals surface area contributed by atoms with E-state index in [1.165, 1.54) is 18.2 Å². The number of nitrogens with zero attached hydrogens (tertiary/aromatic N) is 2. The summed E-state index contributed by atoms with van der Waals surface area (Å²) in [7, 11) is 1.74. The summed E-state index contributed by atoms with van der Waals surface area (Å²) in [6.07, 6.45) is 0.379. The average Bonchev–Trinajstić information content (AvgIpc) is 2.65. The molecule has 0 saturated carbocycles. The van der Waals surface area contributed by atoms with Gasteiger partial charge in [-0.25, -0.2) is 8.78 Å². The smallest absolute Gasteiger partial charge is 0.130 e. The zero-order chi connectivity index (χ0) is 15.6. The molecule has 1 heterocycles. The molecule has 0 saturated heterocycles. The van der Waals surface area contributed by atoms with Crippen LogP contribution in [0.25, 0.3) is 0 Å². The number of halogens is 3. The Kier molecular flexibility index (Phi) is 4.96. The van der Waals surface area contributed by atoms with Crippen molar-refractivity contribution in [3.8, 4) is 0 Å². The molecular formula is C15H18ClF2N3. The predicted octanol–water partition coefficient (Wildman–Crippen LogP) is 3.55. The second kappa shape index (κ2) is 6.54. The van der Waals surface area contributed by atoms with E-state index in [2.05, 4.69) is 10.4 Å². The van der Waals surface area contributed by atoms with Gasteiger partial charge in [0, 0.05) is 24.2 Å². The van der Waals surface area contributed by atoms with Crippen molar-refractivity contribution in [2.24, 2.45) is 7.05 Å². The molecule has 0 spiro atoms. The Balaban J connectivity index is 2.40. The van der Waals surface area contributed by atoms with Crippen LogP contribution in [-0.4, -0.2) is 16.3 Å². The van der Waals surface area contributed by atoms with E-state index >= 15 is 0 Å². The molecule has 0 aliphatic rings. The highest BCUT2D eigenvalue weighted by Gasteiger charge is 2.23. The lowest BCUT2D eigenvalue weighted by molar-refractivity contribution is 0.472. The lowest BCUT2D eigenvalue weighted by atomic mass is 9.98. The molecule has 21 heavy (non-hydrogen) atoms. The summed E-state index contributed by atoms with van der Waals surface area (Å²) in [6.45, 7) is 4.32. The van der Waals surface area contributed by atoms with Crippen molar-refractivity contribution in [3.63, 3.8) is 0 Å². The van der Waals surface area contributed by atoms with E-state index in [0.717, 1.165) is 11.3 Å². The Morgan fingerprint density at radius 1 is 1.33 bits per heavy atom.